The lowest BCUT2D eigenvalue weighted by Crippen LogP contribution is -2.32. The molecule has 5 N–H and O–H groups in total. The van der Waals surface area contributed by atoms with Crippen molar-refractivity contribution in [2.45, 2.75) is 49.7 Å². The number of hydrogen-bond donors (Lipinski definition) is 3. The Morgan fingerprint density at radius 2 is 1.97 bits per heavy atom. The fourth-order valence-corrected chi connectivity index (χ4v) is 5.35. The van der Waals surface area contributed by atoms with Crippen molar-refractivity contribution >= 4 is 37.5 Å². The van der Waals surface area contributed by atoms with Gasteiger partial charge in [-0.1, -0.05) is 35.0 Å². The zero-order valence-electron chi connectivity index (χ0n) is 20.3. The fraction of sp³-hybridized carbons (Fsp3) is 0.333. The number of hydrogen-bond acceptors (Lipinski definition) is 9. The Kier molecular flexibility index (Phi) is 8.48. The van der Waals surface area contributed by atoms with Gasteiger partial charge in [0, 0.05) is 6.54 Å². The Balaban J connectivity index is 1.41. The molecule has 196 valence electrons. The molecule has 2 heterocycles. The molecule has 13 heteroatoms. The van der Waals surface area contributed by atoms with Crippen LogP contribution in [-0.4, -0.2) is 40.8 Å². The summed E-state index contributed by atoms with van der Waals surface area (Å²) in [5, 5.41) is 16.5. The molecule has 0 unspecified atom stereocenters. The number of carbonyl (C=O) groups is 1. The minimum Gasteiger partial charge on any atom is -0.487 e. The summed E-state index contributed by atoms with van der Waals surface area (Å²) in [6.45, 7) is 3.11. The highest BCUT2D eigenvalue weighted by Crippen LogP contribution is 2.28. The Morgan fingerprint density at radius 1 is 1.19 bits per heavy atom. The predicted octanol–water partition coefficient (Wildman–Crippen LogP) is 2.41. The molecule has 2 aromatic heterocycles. The van der Waals surface area contributed by atoms with Crippen molar-refractivity contribution in [3.63, 3.8) is 0 Å². The molecule has 1 amide bonds. The van der Waals surface area contributed by atoms with Crippen molar-refractivity contribution in [1.29, 1.82) is 0 Å². The maximum absolute atomic E-state index is 13.0. The highest BCUT2D eigenvalue weighted by atomic mass is 32.2. The number of nitrogens with two attached hydrogens (primary N) is 2. The van der Waals surface area contributed by atoms with Crippen LogP contribution in [0.3, 0.4) is 0 Å². The van der Waals surface area contributed by atoms with Crippen LogP contribution in [0.4, 0.5) is 0 Å². The number of benzene rings is 2. The Labute approximate surface area is 218 Å². The van der Waals surface area contributed by atoms with E-state index in [1.54, 1.807) is 29.1 Å². The third kappa shape index (κ3) is 7.10. The van der Waals surface area contributed by atoms with Gasteiger partial charge in [0.15, 0.2) is 0 Å². The van der Waals surface area contributed by atoms with E-state index in [1.807, 2.05) is 31.2 Å². The predicted molar refractivity (Wildman–Crippen MR) is 140 cm³/mol. The molecule has 4 rings (SSSR count). The van der Waals surface area contributed by atoms with E-state index < -0.39 is 16.1 Å². The van der Waals surface area contributed by atoms with Crippen LogP contribution in [0, 0.1) is 6.92 Å². The second-order valence-corrected chi connectivity index (χ2v) is 11.4. The maximum atomic E-state index is 13.0. The van der Waals surface area contributed by atoms with Gasteiger partial charge in [0.2, 0.25) is 10.2 Å². The summed E-state index contributed by atoms with van der Waals surface area (Å²) in [4.78, 5) is 17.1. The molecule has 0 aliphatic heterocycles. The molecule has 0 aliphatic rings. The van der Waals surface area contributed by atoms with E-state index >= 15 is 0 Å². The molecule has 0 fully saturated rings. The maximum Gasteiger partial charge on any atom is 0.265 e. The van der Waals surface area contributed by atoms with E-state index in [4.69, 9.17) is 15.6 Å². The summed E-state index contributed by atoms with van der Waals surface area (Å²) in [7, 11) is -3.87. The van der Waals surface area contributed by atoms with Gasteiger partial charge in [-0.05, 0) is 56.5 Å². The molecule has 0 aliphatic carbocycles. The first-order chi connectivity index (χ1) is 17.7. The van der Waals surface area contributed by atoms with Crippen LogP contribution in [0.25, 0.3) is 10.2 Å². The molecule has 0 saturated carbocycles. The van der Waals surface area contributed by atoms with E-state index in [-0.39, 0.29) is 16.9 Å². The van der Waals surface area contributed by atoms with E-state index in [0.29, 0.717) is 41.2 Å². The van der Waals surface area contributed by atoms with E-state index in [2.05, 4.69) is 20.6 Å². The van der Waals surface area contributed by atoms with Crippen molar-refractivity contribution in [1.82, 2.24) is 25.3 Å². The van der Waals surface area contributed by atoms with Crippen molar-refractivity contribution < 1.29 is 17.9 Å². The number of primary sulfonamides is 1. The van der Waals surface area contributed by atoms with E-state index in [1.165, 1.54) is 0 Å². The number of amides is 1. The number of aryl methyl sites for hydroxylation is 1. The smallest absolute Gasteiger partial charge is 0.265 e. The largest absolute Gasteiger partial charge is 0.487 e. The quantitative estimate of drug-likeness (QED) is 0.229. The lowest BCUT2D eigenvalue weighted by Gasteiger charge is -2.17. The first-order valence-electron chi connectivity index (χ1n) is 11.7. The summed E-state index contributed by atoms with van der Waals surface area (Å²) < 4.78 is 31.0. The third-order valence-electron chi connectivity index (χ3n) is 5.67. The van der Waals surface area contributed by atoms with Gasteiger partial charge in [-0.15, -0.1) is 16.4 Å². The Hall–Kier alpha value is -3.39. The van der Waals surface area contributed by atoms with Gasteiger partial charge >= 0.3 is 0 Å². The van der Waals surface area contributed by atoms with Gasteiger partial charge in [0.05, 0.1) is 16.4 Å². The summed E-state index contributed by atoms with van der Waals surface area (Å²) in [5.41, 5.74) is 8.88. The number of sulfonamides is 1. The number of unbranched alkanes of at least 4 members (excludes halogenated alkanes) is 1. The Morgan fingerprint density at radius 3 is 2.70 bits per heavy atom. The fourth-order valence-electron chi connectivity index (χ4n) is 3.66. The topological polar surface area (TPSA) is 168 Å². The minimum absolute atomic E-state index is 0.118. The SMILES string of the molecule is Cc1ccc(CNC(=O)[C@H](CCCCN)n2cc(COc3ccc4nc(S(N)(=O)=O)sc4c3)nn2)cc1. The summed E-state index contributed by atoms with van der Waals surface area (Å²) in [6, 6.07) is 12.5. The zero-order chi connectivity index (χ0) is 26.4. The molecule has 2 aromatic carbocycles. The van der Waals surface area contributed by atoms with Crippen molar-refractivity contribution in [3.8, 4) is 5.75 Å². The number of aromatic nitrogens is 4. The number of rotatable bonds is 12. The molecule has 1 atom stereocenters. The van der Waals surface area contributed by atoms with E-state index in [9.17, 15) is 13.2 Å². The molecule has 37 heavy (non-hydrogen) atoms. The average molecular weight is 544 g/mol. The van der Waals surface area contributed by atoms with Crippen molar-refractivity contribution in [2.75, 3.05) is 6.54 Å². The number of fused-ring (bicyclic) bond motifs is 1. The van der Waals surface area contributed by atoms with Crippen LogP contribution in [0.1, 0.15) is 42.1 Å². The second kappa shape index (κ2) is 11.8. The van der Waals surface area contributed by atoms with Crippen molar-refractivity contribution in [3.05, 3.63) is 65.5 Å². The minimum atomic E-state index is -3.87. The number of ether oxygens (including phenoxy) is 1. The Bertz CT molecular complexity index is 1470. The van der Waals surface area contributed by atoms with Gasteiger partial charge in [-0.2, -0.15) is 0 Å². The molecular weight excluding hydrogens is 514 g/mol. The normalized spacial score (nSPS) is 12.5. The molecule has 0 saturated heterocycles. The van der Waals surface area contributed by atoms with Crippen LogP contribution >= 0.6 is 11.3 Å². The lowest BCUT2D eigenvalue weighted by atomic mass is 10.1. The highest BCUT2D eigenvalue weighted by Gasteiger charge is 2.22. The van der Waals surface area contributed by atoms with Gasteiger partial charge in [-0.25, -0.2) is 23.2 Å². The summed E-state index contributed by atoms with van der Waals surface area (Å²) >= 11 is 0.975. The second-order valence-electron chi connectivity index (χ2n) is 8.64. The molecule has 11 nitrogen and oxygen atoms in total. The first-order valence-corrected chi connectivity index (χ1v) is 14.1. The van der Waals surface area contributed by atoms with Crippen LogP contribution < -0.4 is 20.9 Å². The number of nitrogens with one attached hydrogen (secondary N) is 1. The number of thiazole rings is 1. The van der Waals surface area contributed by atoms with Crippen LogP contribution in [0.15, 0.2) is 53.0 Å². The van der Waals surface area contributed by atoms with Crippen LogP contribution in [0.5, 0.6) is 5.75 Å². The zero-order valence-corrected chi connectivity index (χ0v) is 22.0. The highest BCUT2D eigenvalue weighted by molar-refractivity contribution is 7.91. The summed E-state index contributed by atoms with van der Waals surface area (Å²) in [5.74, 6) is 0.373. The van der Waals surface area contributed by atoms with Gasteiger partial charge in [0.1, 0.15) is 24.1 Å². The van der Waals surface area contributed by atoms with Crippen molar-refractivity contribution in [2.24, 2.45) is 10.9 Å². The van der Waals surface area contributed by atoms with Gasteiger partial charge in [-0.3, -0.25) is 4.79 Å². The van der Waals surface area contributed by atoms with E-state index in [0.717, 1.165) is 35.3 Å². The third-order valence-corrected chi connectivity index (χ3v) is 8.01. The van der Waals surface area contributed by atoms with Gasteiger partial charge in [0.25, 0.3) is 10.0 Å². The molecule has 0 radical (unpaired) electrons. The molecule has 4 aromatic rings. The number of nitrogens with zero attached hydrogens (tertiary/aromatic N) is 4. The lowest BCUT2D eigenvalue weighted by molar-refractivity contribution is -0.125. The standard InChI is InChI=1S/C24H29N7O4S2/c1-16-5-7-17(8-6-16)13-27-23(32)21(4-2-3-11-25)31-14-18(29-30-31)15-35-19-9-10-20-22(12-19)36-24(28-20)37(26,33)34/h5-10,12,14,21H,2-4,11,13,15,25H2,1H3,(H,27,32)(H2,26,33,34)/t21-/m0/s1. The number of carbonyl (C=O) groups excluding carboxylic acids is 1. The monoisotopic (exact) mass is 543 g/mol. The first kappa shape index (κ1) is 26.7. The molecular formula is C24H29N7O4S2. The molecule has 0 spiro atoms. The summed E-state index contributed by atoms with van der Waals surface area (Å²) in [6.07, 6.45) is 3.86. The van der Waals surface area contributed by atoms with Crippen LogP contribution in [0.2, 0.25) is 0 Å². The van der Waals surface area contributed by atoms with Crippen LogP contribution in [-0.2, 0) is 28.0 Å². The average Bonchev–Trinajstić information content (AvgIpc) is 3.52. The van der Waals surface area contributed by atoms with Gasteiger partial charge < -0.3 is 15.8 Å². The molecule has 0 bridgehead atoms.